The third kappa shape index (κ3) is 6.59. The molecule has 0 heterocycles. The van der Waals surface area contributed by atoms with Crippen molar-refractivity contribution >= 4 is 16.0 Å². The first-order valence-electron chi connectivity index (χ1n) is 5.23. The van der Waals surface area contributed by atoms with Gasteiger partial charge in [0.2, 0.25) is 16.0 Å². The first-order valence-corrected chi connectivity index (χ1v) is 7.12. The monoisotopic (exact) mass is 249 g/mol. The predicted octanol–water partition coefficient (Wildman–Crippen LogP) is -1.50. The number of nitrogens with two attached hydrogens (primary N) is 1. The standard InChI is InChI=1S/C8H19N5O2S/c1-16(14,15)11-6-2-5-10-8(13-9)12-7-3-4-7/h7,11H,2-6,9H2,1H3,(H2,10,12,13). The van der Waals surface area contributed by atoms with Gasteiger partial charge in [-0.2, -0.15) is 0 Å². The Morgan fingerprint density at radius 3 is 2.69 bits per heavy atom. The molecule has 0 aromatic heterocycles. The minimum Gasteiger partial charge on any atom is -0.353 e. The number of nitrogens with zero attached hydrogens (tertiary/aromatic N) is 1. The summed E-state index contributed by atoms with van der Waals surface area (Å²) >= 11 is 0. The van der Waals surface area contributed by atoms with Crippen molar-refractivity contribution in [2.45, 2.75) is 25.3 Å². The van der Waals surface area contributed by atoms with E-state index in [4.69, 9.17) is 5.84 Å². The van der Waals surface area contributed by atoms with Gasteiger partial charge in [-0.25, -0.2) is 19.0 Å². The SMILES string of the molecule is CS(=O)(=O)NCCCN=C(NN)NC1CC1. The van der Waals surface area contributed by atoms with Crippen LogP contribution < -0.4 is 21.3 Å². The van der Waals surface area contributed by atoms with Crippen LogP contribution in [0.15, 0.2) is 4.99 Å². The zero-order chi connectivity index (χ0) is 12.0. The van der Waals surface area contributed by atoms with Crippen molar-refractivity contribution in [1.82, 2.24) is 15.5 Å². The van der Waals surface area contributed by atoms with Crippen molar-refractivity contribution in [2.24, 2.45) is 10.8 Å². The molecule has 0 atom stereocenters. The lowest BCUT2D eigenvalue weighted by Crippen LogP contribution is -2.42. The number of rotatable bonds is 6. The molecular formula is C8H19N5O2S. The second-order valence-corrected chi connectivity index (χ2v) is 5.65. The van der Waals surface area contributed by atoms with Gasteiger partial charge in [0.25, 0.3) is 0 Å². The average molecular weight is 249 g/mol. The maximum atomic E-state index is 10.7. The molecule has 0 radical (unpaired) electrons. The first kappa shape index (κ1) is 13.2. The van der Waals surface area contributed by atoms with Crippen molar-refractivity contribution < 1.29 is 8.42 Å². The fraction of sp³-hybridized carbons (Fsp3) is 0.875. The average Bonchev–Trinajstić information content (AvgIpc) is 2.97. The smallest absolute Gasteiger partial charge is 0.208 e. The molecule has 0 aromatic rings. The number of guanidine groups is 1. The third-order valence-electron chi connectivity index (χ3n) is 2.02. The molecule has 1 aliphatic carbocycles. The molecule has 7 nitrogen and oxygen atoms in total. The van der Waals surface area contributed by atoms with Crippen LogP contribution in [0, 0.1) is 0 Å². The highest BCUT2D eigenvalue weighted by Crippen LogP contribution is 2.18. The minimum atomic E-state index is -3.09. The summed E-state index contributed by atoms with van der Waals surface area (Å²) in [4.78, 5) is 4.18. The van der Waals surface area contributed by atoms with Gasteiger partial charge in [-0.05, 0) is 19.3 Å². The number of hydrazine groups is 1. The summed E-state index contributed by atoms with van der Waals surface area (Å²) in [6.45, 7) is 0.922. The summed E-state index contributed by atoms with van der Waals surface area (Å²) in [6.07, 6.45) is 4.08. The summed E-state index contributed by atoms with van der Waals surface area (Å²) in [6, 6.07) is 0.490. The van der Waals surface area contributed by atoms with Crippen LogP contribution in [0.3, 0.4) is 0 Å². The van der Waals surface area contributed by atoms with Gasteiger partial charge in [-0.15, -0.1) is 0 Å². The van der Waals surface area contributed by atoms with E-state index in [0.29, 0.717) is 31.5 Å². The van der Waals surface area contributed by atoms with Crippen LogP contribution in [0.5, 0.6) is 0 Å². The second kappa shape index (κ2) is 6.02. The number of sulfonamides is 1. The summed E-state index contributed by atoms with van der Waals surface area (Å²) in [5, 5.41) is 3.12. The summed E-state index contributed by atoms with van der Waals surface area (Å²) in [7, 11) is -3.09. The molecule has 8 heteroatoms. The van der Waals surface area contributed by atoms with Gasteiger partial charge >= 0.3 is 0 Å². The third-order valence-corrected chi connectivity index (χ3v) is 2.75. The molecule has 0 spiro atoms. The van der Waals surface area contributed by atoms with E-state index in [-0.39, 0.29) is 0 Å². The molecular weight excluding hydrogens is 230 g/mol. The van der Waals surface area contributed by atoms with Crippen LogP contribution >= 0.6 is 0 Å². The largest absolute Gasteiger partial charge is 0.353 e. The molecule has 1 rings (SSSR count). The molecule has 1 aliphatic rings. The van der Waals surface area contributed by atoms with Crippen LogP contribution in [-0.4, -0.2) is 39.8 Å². The highest BCUT2D eigenvalue weighted by molar-refractivity contribution is 7.88. The Morgan fingerprint density at radius 1 is 1.50 bits per heavy atom. The fourth-order valence-corrected chi connectivity index (χ4v) is 1.60. The van der Waals surface area contributed by atoms with E-state index >= 15 is 0 Å². The molecule has 0 saturated heterocycles. The molecule has 0 aromatic carbocycles. The molecule has 0 bridgehead atoms. The maximum Gasteiger partial charge on any atom is 0.208 e. The van der Waals surface area contributed by atoms with Crippen LogP contribution in [0.25, 0.3) is 0 Å². The molecule has 16 heavy (non-hydrogen) atoms. The van der Waals surface area contributed by atoms with Crippen molar-refractivity contribution in [3.05, 3.63) is 0 Å². The molecule has 5 N–H and O–H groups in total. The van der Waals surface area contributed by atoms with E-state index in [0.717, 1.165) is 19.1 Å². The van der Waals surface area contributed by atoms with Crippen LogP contribution in [0.4, 0.5) is 0 Å². The van der Waals surface area contributed by atoms with Crippen LogP contribution in [0.1, 0.15) is 19.3 Å². The zero-order valence-corrected chi connectivity index (χ0v) is 10.2. The van der Waals surface area contributed by atoms with Gasteiger partial charge in [0, 0.05) is 19.1 Å². The predicted molar refractivity (Wildman–Crippen MR) is 63.2 cm³/mol. The Hall–Kier alpha value is -0.860. The summed E-state index contributed by atoms with van der Waals surface area (Å²) in [5.41, 5.74) is 2.48. The highest BCUT2D eigenvalue weighted by Gasteiger charge is 2.21. The lowest BCUT2D eigenvalue weighted by Gasteiger charge is -2.07. The van der Waals surface area contributed by atoms with E-state index in [1.54, 1.807) is 0 Å². The Balaban J connectivity index is 2.13. The summed E-state index contributed by atoms with van der Waals surface area (Å²) < 4.78 is 23.9. The fourth-order valence-electron chi connectivity index (χ4n) is 1.08. The van der Waals surface area contributed by atoms with E-state index in [9.17, 15) is 8.42 Å². The Labute approximate surface area is 95.9 Å². The van der Waals surface area contributed by atoms with Gasteiger partial charge in [0.1, 0.15) is 0 Å². The van der Waals surface area contributed by atoms with Crippen LogP contribution in [0.2, 0.25) is 0 Å². The number of nitrogens with one attached hydrogen (secondary N) is 3. The van der Waals surface area contributed by atoms with E-state index in [1.807, 2.05) is 0 Å². The summed E-state index contributed by atoms with van der Waals surface area (Å²) in [5.74, 6) is 5.85. The Kier molecular flexibility index (Phi) is 4.97. The lowest BCUT2D eigenvalue weighted by molar-refractivity contribution is 0.585. The lowest BCUT2D eigenvalue weighted by atomic mass is 10.4. The highest BCUT2D eigenvalue weighted by atomic mass is 32.2. The Morgan fingerprint density at radius 2 is 2.19 bits per heavy atom. The number of hydrogen-bond donors (Lipinski definition) is 4. The second-order valence-electron chi connectivity index (χ2n) is 3.81. The molecule has 1 fully saturated rings. The van der Waals surface area contributed by atoms with Gasteiger partial charge in [-0.1, -0.05) is 0 Å². The zero-order valence-electron chi connectivity index (χ0n) is 9.36. The van der Waals surface area contributed by atoms with Gasteiger partial charge in [0.05, 0.1) is 6.26 Å². The minimum absolute atomic E-state index is 0.392. The quantitative estimate of drug-likeness (QED) is 0.151. The van der Waals surface area contributed by atoms with Crippen molar-refractivity contribution in [3.63, 3.8) is 0 Å². The van der Waals surface area contributed by atoms with E-state index in [2.05, 4.69) is 20.5 Å². The van der Waals surface area contributed by atoms with Gasteiger partial charge in [0.15, 0.2) is 0 Å². The number of aliphatic imine (C=N–C) groups is 1. The number of hydrogen-bond acceptors (Lipinski definition) is 4. The van der Waals surface area contributed by atoms with Gasteiger partial charge in [-0.3, -0.25) is 10.4 Å². The van der Waals surface area contributed by atoms with Crippen molar-refractivity contribution in [1.29, 1.82) is 0 Å². The molecule has 0 aliphatic heterocycles. The Bertz CT molecular complexity index is 336. The first-order chi connectivity index (χ1) is 7.51. The molecule has 1 saturated carbocycles. The normalized spacial score (nSPS) is 17.2. The molecule has 0 amide bonds. The van der Waals surface area contributed by atoms with E-state index < -0.39 is 10.0 Å². The maximum absolute atomic E-state index is 10.7. The van der Waals surface area contributed by atoms with Crippen molar-refractivity contribution in [3.8, 4) is 0 Å². The van der Waals surface area contributed by atoms with Crippen LogP contribution in [-0.2, 0) is 10.0 Å². The van der Waals surface area contributed by atoms with Crippen molar-refractivity contribution in [2.75, 3.05) is 19.3 Å². The van der Waals surface area contributed by atoms with Gasteiger partial charge < -0.3 is 5.32 Å². The topological polar surface area (TPSA) is 109 Å². The molecule has 0 unspecified atom stereocenters. The van der Waals surface area contributed by atoms with E-state index in [1.165, 1.54) is 0 Å². The molecule has 94 valence electrons.